The maximum Gasteiger partial charge on any atom is 0.246 e. The first-order valence-electron chi connectivity index (χ1n) is 8.72. The van der Waals surface area contributed by atoms with E-state index < -0.39 is 6.23 Å². The highest BCUT2D eigenvalue weighted by atomic mass is 35.5. The summed E-state index contributed by atoms with van der Waals surface area (Å²) in [6, 6.07) is 17.5. The zero-order chi connectivity index (χ0) is 18.4. The second-order valence-electron chi connectivity index (χ2n) is 6.54. The van der Waals surface area contributed by atoms with Crippen molar-refractivity contribution in [2.75, 3.05) is 7.11 Å². The van der Waals surface area contributed by atoms with Gasteiger partial charge in [-0.25, -0.2) is 5.01 Å². The Bertz CT molecular complexity index is 999. The number of rotatable bonds is 3. The van der Waals surface area contributed by atoms with Crippen LogP contribution in [-0.4, -0.2) is 17.8 Å². The molecule has 27 heavy (non-hydrogen) atoms. The predicted octanol–water partition coefficient (Wildman–Crippen LogP) is 5.18. The third-order valence-corrected chi connectivity index (χ3v) is 5.20. The van der Waals surface area contributed by atoms with Crippen molar-refractivity contribution in [1.29, 1.82) is 0 Å². The van der Waals surface area contributed by atoms with Crippen molar-refractivity contribution < 1.29 is 13.9 Å². The molecule has 3 aromatic rings. The Morgan fingerprint density at radius 2 is 2.00 bits per heavy atom. The van der Waals surface area contributed by atoms with Gasteiger partial charge in [-0.05, 0) is 60.2 Å². The Balaban J connectivity index is 1.57. The molecule has 0 fully saturated rings. The maximum absolute atomic E-state index is 6.25. The predicted molar refractivity (Wildman–Crippen MR) is 102 cm³/mol. The molecule has 0 saturated heterocycles. The number of methoxy groups -OCH3 is 1. The van der Waals surface area contributed by atoms with Gasteiger partial charge < -0.3 is 13.9 Å². The first-order chi connectivity index (χ1) is 13.2. The van der Waals surface area contributed by atoms with E-state index in [0.29, 0.717) is 5.02 Å². The van der Waals surface area contributed by atoms with Crippen molar-refractivity contribution in [1.82, 2.24) is 5.01 Å². The second-order valence-corrected chi connectivity index (χ2v) is 6.98. The number of benzene rings is 2. The van der Waals surface area contributed by atoms with Crippen LogP contribution in [0.5, 0.6) is 11.5 Å². The Kier molecular flexibility index (Phi) is 3.83. The first kappa shape index (κ1) is 16.3. The third-order valence-electron chi connectivity index (χ3n) is 4.96. The van der Waals surface area contributed by atoms with Gasteiger partial charge in [-0.1, -0.05) is 11.6 Å². The second kappa shape index (κ2) is 6.35. The molecule has 0 radical (unpaired) electrons. The van der Waals surface area contributed by atoms with Crippen molar-refractivity contribution >= 4 is 17.3 Å². The average molecular weight is 381 g/mol. The normalized spacial score (nSPS) is 20.5. The molecule has 2 atom stereocenters. The SMILES string of the molecule is COc1ccc(C2=NN3[C@H](C2)c2cc(Cl)ccc2O[C@H]3c2ccco2)cc1. The zero-order valence-corrected chi connectivity index (χ0v) is 15.4. The number of fused-ring (bicyclic) bond motifs is 3. The standard InChI is InChI=1S/C21H17ClN2O3/c1-25-15-7-4-13(5-8-15)17-12-18-16-11-14(22)6-9-19(16)27-21(24(18)23-17)20-3-2-10-26-20/h2-11,18,21H,12H2,1H3/t18-,21+/m1/s1. The van der Waals surface area contributed by atoms with Gasteiger partial charge in [0, 0.05) is 17.0 Å². The lowest BCUT2D eigenvalue weighted by molar-refractivity contribution is -0.0325. The van der Waals surface area contributed by atoms with Gasteiger partial charge in [0.2, 0.25) is 6.23 Å². The summed E-state index contributed by atoms with van der Waals surface area (Å²) in [6.45, 7) is 0. The first-order valence-corrected chi connectivity index (χ1v) is 9.10. The smallest absolute Gasteiger partial charge is 0.246 e. The molecule has 5 nitrogen and oxygen atoms in total. The summed E-state index contributed by atoms with van der Waals surface area (Å²) in [5, 5.41) is 7.54. The quantitative estimate of drug-likeness (QED) is 0.627. The van der Waals surface area contributed by atoms with Crippen molar-refractivity contribution in [2.24, 2.45) is 5.10 Å². The van der Waals surface area contributed by atoms with E-state index in [-0.39, 0.29) is 6.04 Å². The third kappa shape index (κ3) is 2.75. The number of hydrogen-bond donors (Lipinski definition) is 0. The number of halogens is 1. The fourth-order valence-electron chi connectivity index (χ4n) is 3.64. The molecule has 0 saturated carbocycles. The van der Waals surface area contributed by atoms with E-state index >= 15 is 0 Å². The molecule has 5 rings (SSSR count). The van der Waals surface area contributed by atoms with Crippen LogP contribution in [0.3, 0.4) is 0 Å². The lowest BCUT2D eigenvalue weighted by atomic mass is 9.96. The molecule has 2 aromatic carbocycles. The minimum absolute atomic E-state index is 0.0413. The Hall–Kier alpha value is -2.92. The molecule has 2 aliphatic heterocycles. The number of nitrogens with zero attached hydrogens (tertiary/aromatic N) is 2. The molecule has 0 amide bonds. The minimum atomic E-state index is -0.408. The molecule has 3 heterocycles. The Morgan fingerprint density at radius 1 is 1.15 bits per heavy atom. The summed E-state index contributed by atoms with van der Waals surface area (Å²) in [6.07, 6.45) is 2.00. The molecule has 0 spiro atoms. The lowest BCUT2D eigenvalue weighted by Gasteiger charge is -2.36. The van der Waals surface area contributed by atoms with Crippen LogP contribution >= 0.6 is 11.6 Å². The van der Waals surface area contributed by atoms with E-state index in [1.807, 2.05) is 59.6 Å². The highest BCUT2D eigenvalue weighted by Gasteiger charge is 2.42. The molecule has 136 valence electrons. The van der Waals surface area contributed by atoms with Gasteiger partial charge in [-0.3, -0.25) is 0 Å². The molecule has 0 unspecified atom stereocenters. The van der Waals surface area contributed by atoms with E-state index in [1.165, 1.54) is 0 Å². The monoisotopic (exact) mass is 380 g/mol. The fraction of sp³-hybridized carbons (Fsp3) is 0.190. The summed E-state index contributed by atoms with van der Waals surface area (Å²) < 4.78 is 17.1. The van der Waals surface area contributed by atoms with Gasteiger partial charge in [-0.2, -0.15) is 5.10 Å². The lowest BCUT2D eigenvalue weighted by Crippen LogP contribution is -2.33. The van der Waals surface area contributed by atoms with Gasteiger partial charge in [0.15, 0.2) is 5.76 Å². The molecule has 0 aliphatic carbocycles. The van der Waals surface area contributed by atoms with E-state index in [0.717, 1.165) is 40.5 Å². The summed E-state index contributed by atoms with van der Waals surface area (Å²) in [4.78, 5) is 0. The van der Waals surface area contributed by atoms with Gasteiger partial charge >= 0.3 is 0 Å². The van der Waals surface area contributed by atoms with E-state index in [9.17, 15) is 0 Å². The van der Waals surface area contributed by atoms with Gasteiger partial charge in [-0.15, -0.1) is 0 Å². The summed E-state index contributed by atoms with van der Waals surface area (Å²) in [7, 11) is 1.66. The Labute approximate surface area is 161 Å². The fourth-order valence-corrected chi connectivity index (χ4v) is 3.82. The van der Waals surface area contributed by atoms with Crippen molar-refractivity contribution in [3.63, 3.8) is 0 Å². The van der Waals surface area contributed by atoms with E-state index in [1.54, 1.807) is 13.4 Å². The van der Waals surface area contributed by atoms with Crippen LogP contribution in [0.15, 0.2) is 70.4 Å². The molecule has 6 heteroatoms. The highest BCUT2D eigenvalue weighted by Crippen LogP contribution is 2.48. The van der Waals surface area contributed by atoms with Crippen molar-refractivity contribution in [3.05, 3.63) is 82.8 Å². The average Bonchev–Trinajstić information content (AvgIpc) is 3.38. The summed E-state index contributed by atoms with van der Waals surface area (Å²) >= 11 is 6.25. The van der Waals surface area contributed by atoms with Gasteiger partial charge in [0.05, 0.1) is 25.1 Å². The number of furan rings is 1. The molecule has 0 bridgehead atoms. The molecule has 2 aliphatic rings. The van der Waals surface area contributed by atoms with Crippen molar-refractivity contribution in [3.8, 4) is 11.5 Å². The van der Waals surface area contributed by atoms with Crippen LogP contribution in [0.4, 0.5) is 0 Å². The van der Waals surface area contributed by atoms with E-state index in [4.69, 9.17) is 30.6 Å². The zero-order valence-electron chi connectivity index (χ0n) is 14.6. The number of hydrazone groups is 1. The van der Waals surface area contributed by atoms with Crippen LogP contribution in [0.2, 0.25) is 5.02 Å². The topological polar surface area (TPSA) is 47.2 Å². The summed E-state index contributed by atoms with van der Waals surface area (Å²) in [5.74, 6) is 2.36. The van der Waals surface area contributed by atoms with Crippen molar-refractivity contribution in [2.45, 2.75) is 18.7 Å². The largest absolute Gasteiger partial charge is 0.497 e. The van der Waals surface area contributed by atoms with Crippen LogP contribution in [-0.2, 0) is 0 Å². The molecule has 0 N–H and O–H groups in total. The molecular weight excluding hydrogens is 364 g/mol. The van der Waals surface area contributed by atoms with Gasteiger partial charge in [0.1, 0.15) is 11.5 Å². The maximum atomic E-state index is 6.25. The van der Waals surface area contributed by atoms with Crippen LogP contribution in [0, 0.1) is 0 Å². The number of hydrogen-bond acceptors (Lipinski definition) is 5. The molecule has 1 aromatic heterocycles. The van der Waals surface area contributed by atoms with Crippen LogP contribution < -0.4 is 9.47 Å². The van der Waals surface area contributed by atoms with E-state index in [2.05, 4.69) is 0 Å². The summed E-state index contributed by atoms with van der Waals surface area (Å²) in [5.41, 5.74) is 3.10. The van der Waals surface area contributed by atoms with Gasteiger partial charge in [0.25, 0.3) is 0 Å². The number of ether oxygens (including phenoxy) is 2. The molecular formula is C21H17ClN2O3. The minimum Gasteiger partial charge on any atom is -0.497 e. The highest BCUT2D eigenvalue weighted by molar-refractivity contribution is 6.30. The Morgan fingerprint density at radius 3 is 2.74 bits per heavy atom. The van der Waals surface area contributed by atoms with Crippen LogP contribution in [0.1, 0.15) is 35.6 Å². The van der Waals surface area contributed by atoms with Crippen LogP contribution in [0.25, 0.3) is 0 Å².